The van der Waals surface area contributed by atoms with Crippen molar-refractivity contribution in [1.29, 1.82) is 0 Å². The molecule has 0 aliphatic heterocycles. The summed E-state index contributed by atoms with van der Waals surface area (Å²) >= 11 is 0. The molecule has 1 aromatic heterocycles. The van der Waals surface area contributed by atoms with E-state index in [0.717, 1.165) is 34.8 Å². The number of benzene rings is 1. The lowest BCUT2D eigenvalue weighted by Gasteiger charge is -2.16. The first kappa shape index (κ1) is 14.4. The van der Waals surface area contributed by atoms with Gasteiger partial charge in [-0.15, -0.1) is 0 Å². The highest BCUT2D eigenvalue weighted by molar-refractivity contribution is 5.53. The fourth-order valence-corrected chi connectivity index (χ4v) is 2.02. The lowest BCUT2D eigenvalue weighted by Crippen LogP contribution is -2.09. The molecule has 0 radical (unpaired) electrons. The second-order valence-electron chi connectivity index (χ2n) is 4.79. The number of aryl methyl sites for hydroxylation is 2. The number of nitrogens with zero attached hydrogens (tertiary/aromatic N) is 1. The van der Waals surface area contributed by atoms with Crippen molar-refractivity contribution < 1.29 is 13.2 Å². The summed E-state index contributed by atoms with van der Waals surface area (Å²) in [6.45, 7) is 5.65. The highest BCUT2D eigenvalue weighted by atomic mass is 19.4. The van der Waals surface area contributed by atoms with Gasteiger partial charge in [-0.1, -0.05) is 12.1 Å². The Bertz CT molecular complexity index is 565. The Morgan fingerprint density at radius 1 is 1.15 bits per heavy atom. The number of hydrogen-bond acceptors (Lipinski definition) is 2. The van der Waals surface area contributed by atoms with E-state index in [9.17, 15) is 13.2 Å². The molecule has 3 nitrogen and oxygen atoms in total. The molecule has 1 aromatic carbocycles. The molecular formula is C14H16F3N3. The molecule has 0 spiro atoms. The largest absolute Gasteiger partial charge is 0.416 e. The van der Waals surface area contributed by atoms with Crippen LogP contribution in [-0.4, -0.2) is 10.2 Å². The van der Waals surface area contributed by atoms with Crippen molar-refractivity contribution in [3.05, 3.63) is 46.8 Å². The van der Waals surface area contributed by atoms with Crippen molar-refractivity contribution >= 4 is 5.69 Å². The van der Waals surface area contributed by atoms with Gasteiger partial charge in [0.25, 0.3) is 0 Å². The predicted molar refractivity (Wildman–Crippen MR) is 71.5 cm³/mol. The molecule has 6 heteroatoms. The molecule has 0 bridgehead atoms. The van der Waals surface area contributed by atoms with Crippen LogP contribution < -0.4 is 5.32 Å². The van der Waals surface area contributed by atoms with Crippen molar-refractivity contribution in [2.45, 2.75) is 33.0 Å². The topological polar surface area (TPSA) is 40.7 Å². The maximum absolute atomic E-state index is 12.5. The van der Waals surface area contributed by atoms with Crippen LogP contribution in [0.2, 0.25) is 0 Å². The summed E-state index contributed by atoms with van der Waals surface area (Å²) in [7, 11) is 0. The Labute approximate surface area is 115 Å². The van der Waals surface area contributed by atoms with Gasteiger partial charge in [-0.2, -0.15) is 18.3 Å². The number of aromatic amines is 1. The Kier molecular flexibility index (Phi) is 3.74. The van der Waals surface area contributed by atoms with E-state index < -0.39 is 11.7 Å². The highest BCUT2D eigenvalue weighted by Gasteiger charge is 2.30. The van der Waals surface area contributed by atoms with Crippen LogP contribution in [0.25, 0.3) is 0 Å². The van der Waals surface area contributed by atoms with Gasteiger partial charge in [-0.3, -0.25) is 5.10 Å². The molecule has 0 aliphatic rings. The van der Waals surface area contributed by atoms with E-state index in [1.165, 1.54) is 12.1 Å². The third kappa shape index (κ3) is 2.95. The molecule has 0 fully saturated rings. The van der Waals surface area contributed by atoms with E-state index in [4.69, 9.17) is 0 Å². The van der Waals surface area contributed by atoms with Gasteiger partial charge in [0.05, 0.1) is 22.6 Å². The van der Waals surface area contributed by atoms with Crippen molar-refractivity contribution in [2.24, 2.45) is 0 Å². The van der Waals surface area contributed by atoms with E-state index in [0.29, 0.717) is 0 Å². The maximum Gasteiger partial charge on any atom is 0.416 e. The molecular weight excluding hydrogens is 267 g/mol. The third-order valence-electron chi connectivity index (χ3n) is 3.23. The van der Waals surface area contributed by atoms with E-state index in [1.807, 2.05) is 20.8 Å². The van der Waals surface area contributed by atoms with Gasteiger partial charge in [0, 0.05) is 6.04 Å². The van der Waals surface area contributed by atoms with Gasteiger partial charge in [0.2, 0.25) is 0 Å². The van der Waals surface area contributed by atoms with Crippen LogP contribution in [0.4, 0.5) is 18.9 Å². The second kappa shape index (κ2) is 5.19. The van der Waals surface area contributed by atoms with Crippen LogP contribution in [0.3, 0.4) is 0 Å². The summed E-state index contributed by atoms with van der Waals surface area (Å²) in [5, 5.41) is 10.2. The third-order valence-corrected chi connectivity index (χ3v) is 3.23. The molecule has 1 atom stereocenters. The smallest absolute Gasteiger partial charge is 0.376 e. The van der Waals surface area contributed by atoms with Crippen LogP contribution in [0, 0.1) is 13.8 Å². The lowest BCUT2D eigenvalue weighted by atomic mass is 10.1. The number of nitrogens with one attached hydrogen (secondary N) is 2. The molecule has 2 N–H and O–H groups in total. The lowest BCUT2D eigenvalue weighted by molar-refractivity contribution is -0.137. The Balaban J connectivity index is 2.16. The first-order valence-electron chi connectivity index (χ1n) is 6.24. The number of rotatable bonds is 3. The fourth-order valence-electron chi connectivity index (χ4n) is 2.02. The SMILES string of the molecule is Cc1n[nH]c(C)c1NC(C)c1ccc(C(F)(F)F)cc1. The summed E-state index contributed by atoms with van der Waals surface area (Å²) in [6, 6.07) is 5.08. The molecule has 0 saturated carbocycles. The number of halogens is 3. The predicted octanol–water partition coefficient (Wildman–Crippen LogP) is 4.22. The zero-order valence-electron chi connectivity index (χ0n) is 11.5. The van der Waals surface area contributed by atoms with Crippen LogP contribution >= 0.6 is 0 Å². The van der Waals surface area contributed by atoms with Crippen molar-refractivity contribution in [3.8, 4) is 0 Å². The molecule has 0 aliphatic carbocycles. The highest BCUT2D eigenvalue weighted by Crippen LogP contribution is 2.30. The van der Waals surface area contributed by atoms with Crippen LogP contribution in [0.5, 0.6) is 0 Å². The van der Waals surface area contributed by atoms with Gasteiger partial charge < -0.3 is 5.32 Å². The van der Waals surface area contributed by atoms with E-state index in [1.54, 1.807) is 0 Å². The summed E-state index contributed by atoms with van der Waals surface area (Å²) in [5.74, 6) is 0. The molecule has 0 saturated heterocycles. The van der Waals surface area contributed by atoms with Crippen LogP contribution in [0.1, 0.15) is 35.5 Å². The van der Waals surface area contributed by atoms with Crippen molar-refractivity contribution in [1.82, 2.24) is 10.2 Å². The maximum atomic E-state index is 12.5. The minimum Gasteiger partial charge on any atom is -0.376 e. The molecule has 0 amide bonds. The molecule has 1 heterocycles. The van der Waals surface area contributed by atoms with Crippen molar-refractivity contribution in [3.63, 3.8) is 0 Å². The Morgan fingerprint density at radius 3 is 2.20 bits per heavy atom. The van der Waals surface area contributed by atoms with Gasteiger partial charge in [0.15, 0.2) is 0 Å². The fraction of sp³-hybridized carbons (Fsp3) is 0.357. The minimum absolute atomic E-state index is 0.104. The summed E-state index contributed by atoms with van der Waals surface area (Å²) in [6.07, 6.45) is -4.30. The summed E-state index contributed by atoms with van der Waals surface area (Å²) in [5.41, 5.74) is 2.78. The zero-order valence-corrected chi connectivity index (χ0v) is 11.5. The van der Waals surface area contributed by atoms with Crippen molar-refractivity contribution in [2.75, 3.05) is 5.32 Å². The summed E-state index contributed by atoms with van der Waals surface area (Å²) < 4.78 is 37.5. The van der Waals surface area contributed by atoms with Crippen LogP contribution in [-0.2, 0) is 6.18 Å². The number of H-pyrrole nitrogens is 1. The first-order chi connectivity index (χ1) is 9.29. The Hall–Kier alpha value is -1.98. The van der Waals surface area contributed by atoms with Gasteiger partial charge in [-0.05, 0) is 38.5 Å². The Morgan fingerprint density at radius 2 is 1.75 bits per heavy atom. The number of anilines is 1. The first-order valence-corrected chi connectivity index (χ1v) is 6.24. The summed E-state index contributed by atoms with van der Waals surface area (Å²) in [4.78, 5) is 0. The minimum atomic E-state index is -4.30. The molecule has 2 aromatic rings. The standard InChI is InChI=1S/C14H16F3N3/c1-8(18-13-9(2)19-20-10(13)3)11-4-6-12(7-5-11)14(15,16)17/h4-8,18H,1-3H3,(H,19,20). The zero-order chi connectivity index (χ0) is 14.9. The van der Waals surface area contributed by atoms with Gasteiger partial charge in [0.1, 0.15) is 0 Å². The quantitative estimate of drug-likeness (QED) is 0.885. The van der Waals surface area contributed by atoms with Gasteiger partial charge >= 0.3 is 6.18 Å². The number of aromatic nitrogens is 2. The van der Waals surface area contributed by atoms with Crippen LogP contribution in [0.15, 0.2) is 24.3 Å². The van der Waals surface area contributed by atoms with Gasteiger partial charge in [-0.25, -0.2) is 0 Å². The monoisotopic (exact) mass is 283 g/mol. The average molecular weight is 283 g/mol. The van der Waals surface area contributed by atoms with E-state index >= 15 is 0 Å². The number of hydrogen-bond donors (Lipinski definition) is 2. The molecule has 108 valence electrons. The molecule has 2 rings (SSSR count). The van der Waals surface area contributed by atoms with E-state index in [-0.39, 0.29) is 6.04 Å². The van der Waals surface area contributed by atoms with E-state index in [2.05, 4.69) is 15.5 Å². The molecule has 20 heavy (non-hydrogen) atoms. The normalized spacial score (nSPS) is 13.3. The second-order valence-corrected chi connectivity index (χ2v) is 4.79. The number of alkyl halides is 3. The average Bonchev–Trinajstić information content (AvgIpc) is 2.69. The molecule has 1 unspecified atom stereocenters.